The van der Waals surface area contributed by atoms with E-state index in [1.165, 1.54) is 0 Å². The molecule has 20 heavy (non-hydrogen) atoms. The molecule has 0 atom stereocenters. The van der Waals surface area contributed by atoms with Crippen molar-refractivity contribution in [1.29, 1.82) is 5.41 Å². The molecule has 0 spiro atoms. The van der Waals surface area contributed by atoms with Crippen molar-refractivity contribution in [2.24, 2.45) is 0 Å². The highest BCUT2D eigenvalue weighted by Crippen LogP contribution is 2.40. The van der Waals surface area contributed by atoms with Gasteiger partial charge in [-0.15, -0.1) is 0 Å². The van der Waals surface area contributed by atoms with Crippen LogP contribution in [-0.2, 0) is 4.57 Å². The Hall–Kier alpha value is -1.52. The van der Waals surface area contributed by atoms with Crippen LogP contribution in [0.5, 0.6) is 0 Å². The quantitative estimate of drug-likeness (QED) is 0.505. The fraction of sp³-hybridized carbons (Fsp3) is 0.154. The fourth-order valence-electron chi connectivity index (χ4n) is 1.87. The second-order valence-electron chi connectivity index (χ2n) is 4.64. The van der Waals surface area contributed by atoms with Gasteiger partial charge in [0.1, 0.15) is 18.5 Å². The minimum Gasteiger partial charge on any atom is -0.339 e. The maximum Gasteiger partial charge on any atom is 0.136 e. The number of nitrogens with zero attached hydrogens (tertiary/aromatic N) is 2. The van der Waals surface area contributed by atoms with Crippen molar-refractivity contribution in [2.45, 2.75) is 0 Å². The number of anilines is 1. The Labute approximate surface area is 125 Å². The van der Waals surface area contributed by atoms with Gasteiger partial charge in [0, 0.05) is 12.4 Å². The van der Waals surface area contributed by atoms with Crippen LogP contribution in [0.4, 0.5) is 5.69 Å². The number of nitrogens with one attached hydrogen (secondary N) is 2. The standard InChI is InChI=1S/C13H14BrN4OP/c1-8(14)13(15)18-10-5-4-9-11(17-7-6-16-9)12(10)20(2,3)19/h4-7H,1H2,2-3H3,(H2,15,18). The van der Waals surface area contributed by atoms with Crippen LogP contribution in [0, 0.1) is 5.41 Å². The summed E-state index contributed by atoms with van der Waals surface area (Å²) in [7, 11) is -2.59. The van der Waals surface area contributed by atoms with E-state index in [1.807, 2.05) is 0 Å². The van der Waals surface area contributed by atoms with Crippen molar-refractivity contribution >= 4 is 50.9 Å². The molecule has 0 unspecified atom stereocenters. The molecule has 0 aliphatic carbocycles. The lowest BCUT2D eigenvalue weighted by molar-refractivity contribution is 0.588. The summed E-state index contributed by atoms with van der Waals surface area (Å²) >= 11 is 3.14. The van der Waals surface area contributed by atoms with Crippen LogP contribution in [0.15, 0.2) is 35.6 Å². The topological polar surface area (TPSA) is 78.7 Å². The largest absolute Gasteiger partial charge is 0.339 e. The van der Waals surface area contributed by atoms with Crippen LogP contribution >= 0.6 is 23.1 Å². The highest BCUT2D eigenvalue weighted by Gasteiger charge is 2.21. The van der Waals surface area contributed by atoms with Gasteiger partial charge in [-0.05, 0) is 41.4 Å². The average molecular weight is 353 g/mol. The zero-order valence-electron chi connectivity index (χ0n) is 11.1. The van der Waals surface area contributed by atoms with Crippen molar-refractivity contribution < 1.29 is 4.57 Å². The van der Waals surface area contributed by atoms with Gasteiger partial charge in [0.2, 0.25) is 0 Å². The summed E-state index contributed by atoms with van der Waals surface area (Å²) in [5.74, 6) is 0.114. The maximum absolute atomic E-state index is 12.6. The van der Waals surface area contributed by atoms with Gasteiger partial charge in [-0.3, -0.25) is 15.4 Å². The summed E-state index contributed by atoms with van der Waals surface area (Å²) < 4.78 is 13.0. The van der Waals surface area contributed by atoms with Gasteiger partial charge in [-0.1, -0.05) is 6.58 Å². The summed E-state index contributed by atoms with van der Waals surface area (Å²) in [5, 5.41) is 11.3. The van der Waals surface area contributed by atoms with Gasteiger partial charge in [0.05, 0.1) is 21.0 Å². The monoisotopic (exact) mass is 352 g/mol. The summed E-state index contributed by atoms with van der Waals surface area (Å²) in [4.78, 5) is 8.50. The Morgan fingerprint density at radius 2 is 2.00 bits per heavy atom. The zero-order valence-corrected chi connectivity index (χ0v) is 13.6. The lowest BCUT2D eigenvalue weighted by Gasteiger charge is -2.17. The summed E-state index contributed by atoms with van der Waals surface area (Å²) in [5.41, 5.74) is 1.87. The van der Waals surface area contributed by atoms with E-state index >= 15 is 0 Å². The molecule has 0 saturated heterocycles. The number of aromatic nitrogens is 2. The van der Waals surface area contributed by atoms with E-state index in [0.29, 0.717) is 26.5 Å². The first-order chi connectivity index (χ1) is 9.30. The van der Waals surface area contributed by atoms with Gasteiger partial charge in [-0.2, -0.15) is 0 Å². The van der Waals surface area contributed by atoms with Gasteiger partial charge in [-0.25, -0.2) is 0 Å². The van der Waals surface area contributed by atoms with Crippen molar-refractivity contribution in [3.05, 3.63) is 35.6 Å². The number of hydrogen-bond acceptors (Lipinski definition) is 4. The van der Waals surface area contributed by atoms with Crippen molar-refractivity contribution in [3.8, 4) is 0 Å². The summed E-state index contributed by atoms with van der Waals surface area (Å²) in [6, 6.07) is 3.55. The molecule has 7 heteroatoms. The second kappa shape index (κ2) is 5.46. The van der Waals surface area contributed by atoms with Gasteiger partial charge < -0.3 is 9.88 Å². The van der Waals surface area contributed by atoms with Gasteiger partial charge in [0.25, 0.3) is 0 Å². The predicted molar refractivity (Wildman–Crippen MR) is 88.0 cm³/mol. The molecule has 0 saturated carbocycles. The molecule has 0 radical (unpaired) electrons. The van der Waals surface area contributed by atoms with Crippen molar-refractivity contribution in [2.75, 3.05) is 18.6 Å². The van der Waals surface area contributed by atoms with Crippen LogP contribution in [0.2, 0.25) is 0 Å². The lowest BCUT2D eigenvalue weighted by Crippen LogP contribution is -2.19. The fourth-order valence-corrected chi connectivity index (χ4v) is 3.36. The molecule has 2 N–H and O–H groups in total. The minimum absolute atomic E-state index is 0.114. The Kier molecular flexibility index (Phi) is 4.06. The van der Waals surface area contributed by atoms with Crippen LogP contribution < -0.4 is 10.6 Å². The highest BCUT2D eigenvalue weighted by atomic mass is 79.9. The molecule has 0 aliphatic rings. The van der Waals surface area contributed by atoms with E-state index < -0.39 is 7.14 Å². The number of hydrogen-bond donors (Lipinski definition) is 2. The second-order valence-corrected chi connectivity index (χ2v) is 8.75. The minimum atomic E-state index is -2.59. The maximum atomic E-state index is 12.6. The molecule has 2 rings (SSSR count). The number of rotatable bonds is 3. The smallest absolute Gasteiger partial charge is 0.136 e. The van der Waals surface area contributed by atoms with E-state index in [9.17, 15) is 4.57 Å². The molecule has 5 nitrogen and oxygen atoms in total. The Morgan fingerprint density at radius 3 is 2.60 bits per heavy atom. The zero-order chi connectivity index (χ0) is 14.9. The molecule has 1 aromatic heterocycles. The van der Waals surface area contributed by atoms with E-state index in [2.05, 4.69) is 37.8 Å². The van der Waals surface area contributed by atoms with E-state index in [1.54, 1.807) is 37.9 Å². The third-order valence-corrected chi connectivity index (χ3v) is 4.61. The highest BCUT2D eigenvalue weighted by molar-refractivity contribution is 9.12. The number of fused-ring (bicyclic) bond motifs is 1. The Bertz CT molecular complexity index is 753. The summed E-state index contributed by atoms with van der Waals surface area (Å²) in [6.45, 7) is 6.99. The first-order valence-electron chi connectivity index (χ1n) is 5.80. The van der Waals surface area contributed by atoms with E-state index in [-0.39, 0.29) is 5.84 Å². The molecule has 104 valence electrons. The van der Waals surface area contributed by atoms with Crippen molar-refractivity contribution in [1.82, 2.24) is 9.97 Å². The van der Waals surface area contributed by atoms with E-state index in [0.717, 1.165) is 0 Å². The molecule has 2 aromatic rings. The SMILES string of the molecule is C=C(Br)C(=N)Nc1ccc2nccnc2c1P(C)(C)=O. The van der Waals surface area contributed by atoms with Gasteiger partial charge >= 0.3 is 0 Å². The van der Waals surface area contributed by atoms with Crippen LogP contribution in [0.25, 0.3) is 11.0 Å². The third kappa shape index (κ3) is 2.97. The van der Waals surface area contributed by atoms with Crippen LogP contribution in [0.1, 0.15) is 0 Å². The third-order valence-electron chi connectivity index (χ3n) is 2.68. The van der Waals surface area contributed by atoms with E-state index in [4.69, 9.17) is 5.41 Å². The molecular formula is C13H14BrN4OP. The predicted octanol–water partition coefficient (Wildman–Crippen LogP) is 3.18. The number of benzene rings is 1. The number of halogens is 1. The molecule has 0 bridgehead atoms. The van der Waals surface area contributed by atoms with Crippen molar-refractivity contribution in [3.63, 3.8) is 0 Å². The van der Waals surface area contributed by atoms with Crippen LogP contribution in [0.3, 0.4) is 0 Å². The molecule has 1 heterocycles. The molecule has 0 amide bonds. The Balaban J connectivity index is 2.69. The average Bonchev–Trinajstić information content (AvgIpc) is 2.36. The molecular weight excluding hydrogens is 339 g/mol. The molecule has 0 fully saturated rings. The Morgan fingerprint density at radius 1 is 1.35 bits per heavy atom. The first kappa shape index (κ1) is 14.9. The first-order valence-corrected chi connectivity index (χ1v) is 9.19. The molecule has 1 aromatic carbocycles. The van der Waals surface area contributed by atoms with Gasteiger partial charge in [0.15, 0.2) is 0 Å². The molecule has 0 aliphatic heterocycles. The normalized spacial score (nSPS) is 11.3. The lowest BCUT2D eigenvalue weighted by atomic mass is 10.2. The summed E-state index contributed by atoms with van der Waals surface area (Å²) in [6.07, 6.45) is 3.16. The number of amidine groups is 1. The van der Waals surface area contributed by atoms with Crippen LogP contribution in [-0.4, -0.2) is 29.1 Å².